The number of fused-ring (bicyclic) bond motifs is 5. The number of benzene rings is 2. The molecule has 0 amide bonds. The predicted octanol–water partition coefficient (Wildman–Crippen LogP) is 0.266. The molecule has 1 fully saturated rings. The minimum Gasteiger partial charge on any atom is -0.493 e. The lowest BCUT2D eigenvalue weighted by Crippen LogP contribution is -2.60. The predicted molar refractivity (Wildman–Crippen MR) is 120 cm³/mol. The Balaban J connectivity index is 1.43. The van der Waals surface area contributed by atoms with Crippen molar-refractivity contribution in [1.29, 1.82) is 0 Å². The second kappa shape index (κ2) is 8.51. The fourth-order valence-corrected chi connectivity index (χ4v) is 4.96. The molecule has 1 saturated heterocycles. The molecule has 0 aliphatic carbocycles. The number of aromatic nitrogens is 1. The van der Waals surface area contributed by atoms with Gasteiger partial charge in [0.15, 0.2) is 35.7 Å². The summed E-state index contributed by atoms with van der Waals surface area (Å²) in [6.07, 6.45) is -4.19. The number of methoxy groups -OCH3 is 1. The van der Waals surface area contributed by atoms with Crippen molar-refractivity contribution in [3.8, 4) is 34.3 Å². The van der Waals surface area contributed by atoms with Crippen LogP contribution in [0.4, 0.5) is 0 Å². The largest absolute Gasteiger partial charge is 0.493 e. The van der Waals surface area contributed by atoms with Crippen LogP contribution < -0.4 is 23.5 Å². The summed E-state index contributed by atoms with van der Waals surface area (Å²) in [6, 6.07) is 9.75. The van der Waals surface area contributed by atoms with Crippen LogP contribution in [-0.4, -0.2) is 71.6 Å². The van der Waals surface area contributed by atoms with Crippen LogP contribution in [0.25, 0.3) is 22.0 Å². The first-order chi connectivity index (χ1) is 17.0. The average molecular weight is 484 g/mol. The van der Waals surface area contributed by atoms with E-state index in [2.05, 4.69) is 10.6 Å². The van der Waals surface area contributed by atoms with Crippen LogP contribution in [0.1, 0.15) is 5.56 Å². The zero-order valence-corrected chi connectivity index (χ0v) is 19.0. The molecule has 10 nitrogen and oxygen atoms in total. The lowest BCUT2D eigenvalue weighted by Gasteiger charge is -2.39. The maximum absolute atomic E-state index is 10.5. The molecule has 10 heteroatoms. The third kappa shape index (κ3) is 3.57. The van der Waals surface area contributed by atoms with Crippen molar-refractivity contribution in [3.63, 3.8) is 0 Å². The van der Waals surface area contributed by atoms with E-state index in [4.69, 9.17) is 23.7 Å². The van der Waals surface area contributed by atoms with E-state index in [0.717, 1.165) is 41.1 Å². The van der Waals surface area contributed by atoms with Crippen LogP contribution in [-0.2, 0) is 17.7 Å². The lowest BCUT2D eigenvalue weighted by molar-refractivity contribution is -0.686. The van der Waals surface area contributed by atoms with Gasteiger partial charge in [0.1, 0.15) is 24.4 Å². The van der Waals surface area contributed by atoms with Gasteiger partial charge in [-0.1, -0.05) is 0 Å². The van der Waals surface area contributed by atoms with Crippen molar-refractivity contribution in [2.75, 3.05) is 20.5 Å². The van der Waals surface area contributed by atoms with Crippen molar-refractivity contribution in [1.82, 2.24) is 0 Å². The van der Waals surface area contributed by atoms with Crippen LogP contribution in [0.3, 0.4) is 0 Å². The number of rotatable bonds is 4. The normalized spacial score (nSPS) is 26.8. The Bertz CT molecular complexity index is 1290. The first kappa shape index (κ1) is 22.3. The highest BCUT2D eigenvalue weighted by Crippen LogP contribution is 2.42. The first-order valence-corrected chi connectivity index (χ1v) is 11.4. The highest BCUT2D eigenvalue weighted by atomic mass is 16.7. The SMILES string of the molecule is COc1ccc2cc3[n+](cc2c1OC1O[C@H](CO)[C@@H](O)[C@H](O)[C@H]1O)CCc1cc2c(cc1-3)OCO2. The molecule has 35 heavy (non-hydrogen) atoms. The standard InChI is InChI=1S/C25H26NO9/c1-31-17-3-2-12-6-16-14-8-19-18(32-11-33-19)7-13(14)4-5-26(16)9-15(12)24(17)35-25-23(30)22(29)21(28)20(10-27)34-25/h2-3,6-9,20-23,25,27-30H,4-5,10-11H2,1H3/q+1/t20-,21-,22+,23-,25?/m1/s1. The molecule has 0 spiro atoms. The summed E-state index contributed by atoms with van der Waals surface area (Å²) in [6.45, 7) is 0.404. The van der Waals surface area contributed by atoms with Gasteiger partial charge >= 0.3 is 0 Å². The number of nitrogens with zero attached hydrogens (tertiary/aromatic N) is 1. The molecule has 184 valence electrons. The summed E-state index contributed by atoms with van der Waals surface area (Å²) >= 11 is 0. The minimum atomic E-state index is -1.54. The van der Waals surface area contributed by atoms with E-state index < -0.39 is 37.3 Å². The summed E-state index contributed by atoms with van der Waals surface area (Å²) in [4.78, 5) is 0. The molecule has 1 unspecified atom stereocenters. The summed E-state index contributed by atoms with van der Waals surface area (Å²) in [5, 5.41) is 41.8. The Morgan fingerprint density at radius 3 is 2.60 bits per heavy atom. The van der Waals surface area contributed by atoms with Crippen molar-refractivity contribution >= 4 is 10.8 Å². The number of aryl methyl sites for hydroxylation is 2. The second-order valence-corrected chi connectivity index (χ2v) is 8.88. The van der Waals surface area contributed by atoms with Gasteiger partial charge in [-0.3, -0.25) is 0 Å². The molecule has 0 saturated carbocycles. The van der Waals surface area contributed by atoms with Gasteiger partial charge in [-0.25, -0.2) is 0 Å². The molecule has 0 radical (unpaired) electrons. The van der Waals surface area contributed by atoms with E-state index in [-0.39, 0.29) is 6.79 Å². The van der Waals surface area contributed by atoms with Crippen LogP contribution in [0, 0.1) is 0 Å². The summed E-state index contributed by atoms with van der Waals surface area (Å²) in [5.41, 5.74) is 3.26. The van der Waals surface area contributed by atoms with Gasteiger partial charge in [0, 0.05) is 12.5 Å². The summed E-state index contributed by atoms with van der Waals surface area (Å²) in [5.74, 6) is 2.22. The average Bonchev–Trinajstić information content (AvgIpc) is 3.34. The van der Waals surface area contributed by atoms with Gasteiger partial charge in [-0.05, 0) is 35.2 Å². The first-order valence-electron chi connectivity index (χ1n) is 11.4. The molecule has 6 rings (SSSR count). The van der Waals surface area contributed by atoms with Gasteiger partial charge in [0.2, 0.25) is 18.8 Å². The molecule has 3 aliphatic heterocycles. The van der Waals surface area contributed by atoms with Gasteiger partial charge in [-0.15, -0.1) is 0 Å². The van der Waals surface area contributed by atoms with E-state index in [1.54, 1.807) is 6.07 Å². The van der Waals surface area contributed by atoms with Gasteiger partial charge in [0.25, 0.3) is 0 Å². The molecule has 4 N–H and O–H groups in total. The fraction of sp³-hybridized carbons (Fsp3) is 0.400. The Labute approximate surface area is 200 Å². The van der Waals surface area contributed by atoms with E-state index in [0.29, 0.717) is 16.9 Å². The van der Waals surface area contributed by atoms with Crippen LogP contribution in [0.2, 0.25) is 0 Å². The quantitative estimate of drug-likeness (QED) is 0.385. The van der Waals surface area contributed by atoms with Crippen LogP contribution in [0.5, 0.6) is 23.0 Å². The highest BCUT2D eigenvalue weighted by molar-refractivity contribution is 5.91. The third-order valence-electron chi connectivity index (χ3n) is 6.88. The molecule has 1 aromatic heterocycles. The maximum atomic E-state index is 10.5. The van der Waals surface area contributed by atoms with Crippen molar-refractivity contribution in [2.45, 2.75) is 43.7 Å². The van der Waals surface area contributed by atoms with Gasteiger partial charge < -0.3 is 44.1 Å². The zero-order valence-electron chi connectivity index (χ0n) is 19.0. The molecule has 4 heterocycles. The molecule has 5 atom stereocenters. The number of hydrogen-bond acceptors (Lipinski definition) is 9. The number of aliphatic hydroxyl groups excluding tert-OH is 4. The molecule has 0 bridgehead atoms. The molecule has 3 aromatic rings. The summed E-state index contributed by atoms with van der Waals surface area (Å²) in [7, 11) is 1.51. The molecule has 3 aliphatic rings. The lowest BCUT2D eigenvalue weighted by atomic mass is 9.95. The highest BCUT2D eigenvalue weighted by Gasteiger charge is 2.45. The summed E-state index contributed by atoms with van der Waals surface area (Å²) < 4.78 is 30.4. The fourth-order valence-electron chi connectivity index (χ4n) is 4.96. The Hall–Kier alpha value is -3.15. The minimum absolute atomic E-state index is 0.217. The zero-order chi connectivity index (χ0) is 24.3. The van der Waals surface area contributed by atoms with Crippen molar-refractivity contribution < 1.29 is 48.7 Å². The second-order valence-electron chi connectivity index (χ2n) is 8.88. The van der Waals surface area contributed by atoms with E-state index in [1.165, 1.54) is 12.7 Å². The maximum Gasteiger partial charge on any atom is 0.231 e. The Kier molecular flexibility index (Phi) is 5.42. The number of pyridine rings is 1. The smallest absolute Gasteiger partial charge is 0.231 e. The van der Waals surface area contributed by atoms with Crippen LogP contribution in [0.15, 0.2) is 36.5 Å². The van der Waals surface area contributed by atoms with Gasteiger partial charge in [-0.2, -0.15) is 4.57 Å². The van der Waals surface area contributed by atoms with E-state index in [9.17, 15) is 20.4 Å². The number of aliphatic hydroxyl groups is 4. The monoisotopic (exact) mass is 484 g/mol. The van der Waals surface area contributed by atoms with E-state index in [1.807, 2.05) is 24.4 Å². The third-order valence-corrected chi connectivity index (χ3v) is 6.88. The molecular weight excluding hydrogens is 458 g/mol. The van der Waals surface area contributed by atoms with Crippen molar-refractivity contribution in [2.24, 2.45) is 0 Å². The van der Waals surface area contributed by atoms with Gasteiger partial charge in [0.05, 0.1) is 24.7 Å². The molecular formula is C25H26NO9+. The van der Waals surface area contributed by atoms with Crippen molar-refractivity contribution in [3.05, 3.63) is 42.1 Å². The Morgan fingerprint density at radius 2 is 1.83 bits per heavy atom. The molecule has 2 aromatic carbocycles. The van der Waals surface area contributed by atoms with E-state index >= 15 is 0 Å². The Morgan fingerprint density at radius 1 is 1.03 bits per heavy atom. The number of ether oxygens (including phenoxy) is 5. The van der Waals surface area contributed by atoms with Crippen LogP contribution >= 0.6 is 0 Å². The number of hydrogen-bond donors (Lipinski definition) is 4. The topological polar surface area (TPSA) is 131 Å².